The Labute approximate surface area is 189 Å². The SMILES string of the molecule is CC.Cc1ccc(C[C@H](NC(=O)OCC2c3ccccc3-c3ccccc32)C(=O)O)cc1. The van der Waals surface area contributed by atoms with Crippen LogP contribution in [0.25, 0.3) is 11.1 Å². The number of carboxylic acids is 1. The summed E-state index contributed by atoms with van der Waals surface area (Å²) < 4.78 is 5.46. The Balaban J connectivity index is 0.00000141. The van der Waals surface area contributed by atoms with Crippen molar-refractivity contribution in [1.82, 2.24) is 5.32 Å². The molecule has 4 rings (SSSR count). The van der Waals surface area contributed by atoms with Crippen molar-refractivity contribution in [3.05, 3.63) is 95.1 Å². The van der Waals surface area contributed by atoms with Gasteiger partial charge in [-0.3, -0.25) is 0 Å². The van der Waals surface area contributed by atoms with E-state index in [0.29, 0.717) is 0 Å². The van der Waals surface area contributed by atoms with E-state index < -0.39 is 18.1 Å². The second-order valence-corrected chi connectivity index (χ2v) is 7.55. The Bertz CT molecular complexity index is 1030. The predicted octanol–water partition coefficient (Wildman–Crippen LogP) is 5.56. The minimum absolute atomic E-state index is 0.0662. The molecule has 166 valence electrons. The van der Waals surface area contributed by atoms with Crippen LogP contribution in [0.2, 0.25) is 0 Å². The van der Waals surface area contributed by atoms with Crippen molar-refractivity contribution in [2.24, 2.45) is 0 Å². The number of amides is 1. The number of hydrogen-bond acceptors (Lipinski definition) is 3. The molecule has 0 aromatic heterocycles. The number of aryl methyl sites for hydroxylation is 1. The van der Waals surface area contributed by atoms with Crippen molar-refractivity contribution in [1.29, 1.82) is 0 Å². The third-order valence-corrected chi connectivity index (χ3v) is 5.49. The van der Waals surface area contributed by atoms with Crippen LogP contribution in [0, 0.1) is 6.92 Å². The first-order chi connectivity index (χ1) is 15.5. The average Bonchev–Trinajstić information content (AvgIpc) is 3.14. The van der Waals surface area contributed by atoms with Crippen molar-refractivity contribution in [3.63, 3.8) is 0 Å². The van der Waals surface area contributed by atoms with E-state index in [0.717, 1.165) is 33.4 Å². The van der Waals surface area contributed by atoms with Crippen LogP contribution in [0.3, 0.4) is 0 Å². The molecule has 2 N–H and O–H groups in total. The maximum absolute atomic E-state index is 12.4. The molecule has 1 atom stereocenters. The fourth-order valence-electron chi connectivity index (χ4n) is 3.94. The second kappa shape index (κ2) is 10.6. The molecule has 0 aliphatic heterocycles. The molecule has 0 unspecified atom stereocenters. The van der Waals surface area contributed by atoms with Crippen LogP contribution in [0.4, 0.5) is 4.79 Å². The third kappa shape index (κ3) is 5.17. The zero-order chi connectivity index (χ0) is 23.1. The average molecular weight is 432 g/mol. The summed E-state index contributed by atoms with van der Waals surface area (Å²) in [5.74, 6) is -1.16. The van der Waals surface area contributed by atoms with E-state index in [1.165, 1.54) is 0 Å². The van der Waals surface area contributed by atoms with Gasteiger partial charge in [0, 0.05) is 12.3 Å². The lowest BCUT2D eigenvalue weighted by Crippen LogP contribution is -2.42. The number of carbonyl (C=O) groups excluding carboxylic acids is 1. The molecular weight excluding hydrogens is 402 g/mol. The van der Waals surface area contributed by atoms with Gasteiger partial charge in [-0.25, -0.2) is 9.59 Å². The van der Waals surface area contributed by atoms with E-state index in [2.05, 4.69) is 17.4 Å². The van der Waals surface area contributed by atoms with Crippen LogP contribution in [0.1, 0.15) is 42.0 Å². The van der Waals surface area contributed by atoms with Gasteiger partial charge < -0.3 is 15.2 Å². The summed E-state index contributed by atoms with van der Waals surface area (Å²) in [5.41, 5.74) is 6.44. The van der Waals surface area contributed by atoms with E-state index >= 15 is 0 Å². The number of alkyl carbamates (subject to hydrolysis) is 1. The van der Waals surface area contributed by atoms with Crippen LogP contribution in [-0.2, 0) is 16.0 Å². The molecular formula is C27H29NO4. The molecule has 1 amide bonds. The van der Waals surface area contributed by atoms with Gasteiger partial charge in [-0.15, -0.1) is 0 Å². The van der Waals surface area contributed by atoms with Gasteiger partial charge in [-0.2, -0.15) is 0 Å². The monoisotopic (exact) mass is 431 g/mol. The van der Waals surface area contributed by atoms with Crippen LogP contribution in [0.5, 0.6) is 0 Å². The molecule has 32 heavy (non-hydrogen) atoms. The summed E-state index contributed by atoms with van der Waals surface area (Å²) in [6.45, 7) is 6.12. The van der Waals surface area contributed by atoms with Crippen molar-refractivity contribution in [3.8, 4) is 11.1 Å². The number of hydrogen-bond donors (Lipinski definition) is 2. The number of carbonyl (C=O) groups is 2. The molecule has 1 aliphatic rings. The van der Waals surface area contributed by atoms with Gasteiger partial charge in [0.25, 0.3) is 0 Å². The lowest BCUT2D eigenvalue weighted by Gasteiger charge is -2.17. The first-order valence-electron chi connectivity index (χ1n) is 10.9. The lowest BCUT2D eigenvalue weighted by molar-refractivity contribution is -0.139. The molecule has 0 fully saturated rings. The summed E-state index contributed by atoms with van der Waals surface area (Å²) in [6, 6.07) is 22.7. The molecule has 5 heteroatoms. The summed E-state index contributed by atoms with van der Waals surface area (Å²) in [5, 5.41) is 12.0. The van der Waals surface area contributed by atoms with Crippen LogP contribution in [0.15, 0.2) is 72.8 Å². The van der Waals surface area contributed by atoms with Crippen LogP contribution < -0.4 is 5.32 Å². The highest BCUT2D eigenvalue weighted by molar-refractivity contribution is 5.81. The summed E-state index contributed by atoms with van der Waals surface area (Å²) >= 11 is 0. The summed E-state index contributed by atoms with van der Waals surface area (Å²) in [6.07, 6.45) is -0.531. The Morgan fingerprint density at radius 1 is 0.906 bits per heavy atom. The fraction of sp³-hybridized carbons (Fsp3) is 0.259. The molecule has 0 heterocycles. The highest BCUT2D eigenvalue weighted by Crippen LogP contribution is 2.44. The van der Waals surface area contributed by atoms with E-state index in [1.807, 2.05) is 81.4 Å². The molecule has 0 radical (unpaired) electrons. The minimum atomic E-state index is -1.09. The molecule has 0 saturated carbocycles. The normalized spacial score (nSPS) is 12.6. The Hall–Kier alpha value is -3.60. The first-order valence-corrected chi connectivity index (χ1v) is 10.9. The number of benzene rings is 3. The zero-order valence-corrected chi connectivity index (χ0v) is 18.7. The molecule has 3 aromatic carbocycles. The van der Waals surface area contributed by atoms with E-state index in [9.17, 15) is 14.7 Å². The van der Waals surface area contributed by atoms with Gasteiger partial charge in [-0.1, -0.05) is 92.2 Å². The van der Waals surface area contributed by atoms with Gasteiger partial charge in [-0.05, 0) is 34.7 Å². The van der Waals surface area contributed by atoms with Gasteiger partial charge in [0.05, 0.1) is 0 Å². The molecule has 3 aromatic rings. The summed E-state index contributed by atoms with van der Waals surface area (Å²) in [4.78, 5) is 24.0. The van der Waals surface area contributed by atoms with Gasteiger partial charge in [0.1, 0.15) is 12.6 Å². The van der Waals surface area contributed by atoms with Crippen molar-refractivity contribution in [2.75, 3.05) is 6.61 Å². The van der Waals surface area contributed by atoms with Crippen LogP contribution >= 0.6 is 0 Å². The summed E-state index contributed by atoms with van der Waals surface area (Å²) in [7, 11) is 0. The van der Waals surface area contributed by atoms with E-state index in [1.54, 1.807) is 0 Å². The Kier molecular flexibility index (Phi) is 7.66. The first kappa shape index (κ1) is 23.1. The maximum Gasteiger partial charge on any atom is 0.407 e. The quantitative estimate of drug-likeness (QED) is 0.536. The standard InChI is InChI=1S/C25H23NO4.C2H6/c1-16-10-12-17(13-11-16)14-23(24(27)28)26-25(29)30-15-22-20-8-4-2-6-18(20)19-7-3-5-9-21(19)22;1-2/h2-13,22-23H,14-15H2,1H3,(H,26,29)(H,27,28);1-2H3/t23-;/m0./s1. The largest absolute Gasteiger partial charge is 0.480 e. The molecule has 5 nitrogen and oxygen atoms in total. The second-order valence-electron chi connectivity index (χ2n) is 7.55. The molecule has 0 bridgehead atoms. The Morgan fingerprint density at radius 2 is 1.44 bits per heavy atom. The Morgan fingerprint density at radius 3 is 1.97 bits per heavy atom. The number of rotatable bonds is 6. The number of carboxylic acid groups (broad SMARTS) is 1. The smallest absolute Gasteiger partial charge is 0.407 e. The number of fused-ring (bicyclic) bond motifs is 3. The molecule has 1 aliphatic carbocycles. The number of ether oxygens (including phenoxy) is 1. The van der Waals surface area contributed by atoms with E-state index in [-0.39, 0.29) is 18.9 Å². The van der Waals surface area contributed by atoms with Gasteiger partial charge in [0.15, 0.2) is 0 Å². The van der Waals surface area contributed by atoms with Gasteiger partial charge >= 0.3 is 12.1 Å². The molecule has 0 saturated heterocycles. The maximum atomic E-state index is 12.4. The fourth-order valence-corrected chi connectivity index (χ4v) is 3.94. The van der Waals surface area contributed by atoms with Crippen LogP contribution in [-0.4, -0.2) is 29.8 Å². The minimum Gasteiger partial charge on any atom is -0.480 e. The topological polar surface area (TPSA) is 75.6 Å². The van der Waals surface area contributed by atoms with Gasteiger partial charge in [0.2, 0.25) is 0 Å². The van der Waals surface area contributed by atoms with E-state index in [4.69, 9.17) is 4.74 Å². The highest BCUT2D eigenvalue weighted by atomic mass is 16.5. The van der Waals surface area contributed by atoms with Crippen molar-refractivity contribution in [2.45, 2.75) is 39.2 Å². The number of nitrogens with one attached hydrogen (secondary N) is 1. The lowest BCUT2D eigenvalue weighted by atomic mass is 9.98. The molecule has 0 spiro atoms. The zero-order valence-electron chi connectivity index (χ0n) is 18.7. The van der Waals surface area contributed by atoms with Crippen molar-refractivity contribution < 1.29 is 19.4 Å². The predicted molar refractivity (Wildman–Crippen MR) is 126 cm³/mol. The highest BCUT2D eigenvalue weighted by Gasteiger charge is 2.29. The third-order valence-electron chi connectivity index (χ3n) is 5.49. The number of aliphatic carboxylic acids is 1. The van der Waals surface area contributed by atoms with Crippen molar-refractivity contribution >= 4 is 12.1 Å².